The molecule has 33 heavy (non-hydrogen) atoms. The lowest BCUT2D eigenvalue weighted by atomic mass is 10.1. The zero-order chi connectivity index (χ0) is 22.2. The van der Waals surface area contributed by atoms with E-state index in [4.69, 9.17) is 19.7 Å². The molecule has 0 radical (unpaired) electrons. The van der Waals surface area contributed by atoms with Crippen LogP contribution in [0.1, 0.15) is 11.4 Å². The average Bonchev–Trinajstić information content (AvgIpc) is 3.50. The fourth-order valence-electron chi connectivity index (χ4n) is 4.14. The van der Waals surface area contributed by atoms with Gasteiger partial charge in [0.25, 0.3) is 5.89 Å². The van der Waals surface area contributed by atoms with Gasteiger partial charge in [-0.1, -0.05) is 23.4 Å². The number of methoxy groups -OCH3 is 1. The van der Waals surface area contributed by atoms with Crippen LogP contribution in [0, 0.1) is 6.92 Å². The molecule has 8 nitrogen and oxygen atoms in total. The van der Waals surface area contributed by atoms with Gasteiger partial charge in [-0.3, -0.25) is 0 Å². The van der Waals surface area contributed by atoms with Crippen molar-refractivity contribution in [1.82, 2.24) is 19.7 Å². The Kier molecular flexibility index (Phi) is 6.31. The molecule has 5 rings (SSSR count). The number of H-pyrrole nitrogens is 1. The normalized spacial score (nSPS) is 12.1. The summed E-state index contributed by atoms with van der Waals surface area (Å²) < 4.78 is 19.1. The number of hydrogen-bond donors (Lipinski definition) is 2. The van der Waals surface area contributed by atoms with E-state index in [0.717, 1.165) is 33.6 Å². The number of benzene rings is 2. The Balaban J connectivity index is 0.00000259. The van der Waals surface area contributed by atoms with Crippen LogP contribution in [-0.2, 0) is 13.5 Å². The maximum atomic E-state index is 6.43. The summed E-state index contributed by atoms with van der Waals surface area (Å²) in [6, 6.07) is 13.8. The fraction of sp³-hybridized carbons (Fsp3) is 0.250. The van der Waals surface area contributed by atoms with Crippen molar-refractivity contribution in [3.8, 4) is 23.1 Å². The van der Waals surface area contributed by atoms with Crippen LogP contribution in [0.5, 0.6) is 11.5 Å². The van der Waals surface area contributed by atoms with E-state index in [1.165, 1.54) is 10.9 Å². The molecule has 3 N–H and O–H groups in total. The van der Waals surface area contributed by atoms with E-state index in [1.54, 1.807) is 14.0 Å². The highest BCUT2D eigenvalue weighted by Gasteiger charge is 2.20. The summed E-state index contributed by atoms with van der Waals surface area (Å²) in [5.74, 6) is 2.50. The molecule has 0 aliphatic rings. The number of aromatic nitrogens is 4. The summed E-state index contributed by atoms with van der Waals surface area (Å²) in [6.07, 6.45) is 2.73. The number of nitrogens with zero attached hydrogens (tertiary/aromatic N) is 3. The number of ether oxygens (including phenoxy) is 2. The molecule has 0 bridgehead atoms. The number of aryl methyl sites for hydroxylation is 2. The molecule has 5 aromatic rings. The van der Waals surface area contributed by atoms with E-state index in [-0.39, 0.29) is 18.4 Å². The van der Waals surface area contributed by atoms with E-state index in [2.05, 4.69) is 27.3 Å². The molecule has 0 saturated carbocycles. The lowest BCUT2D eigenvalue weighted by Crippen LogP contribution is -2.30. The van der Waals surface area contributed by atoms with Gasteiger partial charge in [-0.05, 0) is 43.2 Å². The number of rotatable bonds is 7. The Morgan fingerprint density at radius 3 is 2.70 bits per heavy atom. The van der Waals surface area contributed by atoms with Crippen LogP contribution in [0.15, 0.2) is 53.2 Å². The van der Waals surface area contributed by atoms with E-state index in [1.807, 2.05) is 48.1 Å². The number of nitrogens with one attached hydrogen (secondary N) is 1. The van der Waals surface area contributed by atoms with Crippen LogP contribution in [0.4, 0.5) is 0 Å². The quantitative estimate of drug-likeness (QED) is 0.367. The summed E-state index contributed by atoms with van der Waals surface area (Å²) in [5, 5.41) is 6.00. The molecule has 0 fully saturated rings. The Morgan fingerprint density at radius 1 is 1.15 bits per heavy atom. The molecule has 2 aromatic carbocycles. The Hall–Kier alpha value is -3.49. The predicted molar refractivity (Wildman–Crippen MR) is 130 cm³/mol. The molecule has 0 aliphatic heterocycles. The predicted octanol–water partition coefficient (Wildman–Crippen LogP) is 4.40. The van der Waals surface area contributed by atoms with E-state index in [0.29, 0.717) is 24.7 Å². The number of hydrogen-bond acceptors (Lipinski definition) is 6. The van der Waals surface area contributed by atoms with Gasteiger partial charge in [0.1, 0.15) is 23.8 Å². The summed E-state index contributed by atoms with van der Waals surface area (Å²) in [6.45, 7) is 2.17. The summed E-state index contributed by atoms with van der Waals surface area (Å²) >= 11 is 0. The van der Waals surface area contributed by atoms with Crippen LogP contribution in [-0.4, -0.2) is 39.5 Å². The first-order chi connectivity index (χ1) is 15.5. The van der Waals surface area contributed by atoms with Gasteiger partial charge in [0, 0.05) is 35.6 Å². The molecular weight excluding hydrogens is 442 g/mol. The first-order valence-electron chi connectivity index (χ1n) is 10.5. The molecule has 0 saturated heterocycles. The molecular formula is C24H26ClN5O3. The highest BCUT2D eigenvalue weighted by Crippen LogP contribution is 2.38. The first kappa shape index (κ1) is 22.7. The maximum absolute atomic E-state index is 6.43. The van der Waals surface area contributed by atoms with Gasteiger partial charge in [0.15, 0.2) is 5.82 Å². The van der Waals surface area contributed by atoms with Crippen LogP contribution < -0.4 is 15.2 Å². The molecule has 0 spiro atoms. The third kappa shape index (κ3) is 4.15. The smallest absolute Gasteiger partial charge is 0.274 e. The molecule has 3 aromatic heterocycles. The average molecular weight is 468 g/mol. The van der Waals surface area contributed by atoms with Gasteiger partial charge in [-0.15, -0.1) is 12.4 Å². The monoisotopic (exact) mass is 467 g/mol. The fourth-order valence-corrected chi connectivity index (χ4v) is 4.14. The standard InChI is InChI=1S/C24H25N5O3.ClH/c1-14-27-24(32-28-14)20-11-18-21(8-9-22(30-3)23(18)29(20)2)31-13-16(25)10-15-12-26-19-7-5-4-6-17(15)19;/h4-9,11-12,16,26H,10,13,25H2,1-3H3;1H/t16-;/m1./s1. The van der Waals surface area contributed by atoms with E-state index in [9.17, 15) is 0 Å². The molecule has 9 heteroatoms. The van der Waals surface area contributed by atoms with Gasteiger partial charge in [-0.25, -0.2) is 0 Å². The molecule has 0 amide bonds. The summed E-state index contributed by atoms with van der Waals surface area (Å²) in [5.41, 5.74) is 10.4. The minimum Gasteiger partial charge on any atom is -0.495 e. The molecule has 0 aliphatic carbocycles. The van der Waals surface area contributed by atoms with Crippen molar-refractivity contribution < 1.29 is 14.0 Å². The van der Waals surface area contributed by atoms with Crippen molar-refractivity contribution in [3.63, 3.8) is 0 Å². The van der Waals surface area contributed by atoms with Gasteiger partial charge in [-0.2, -0.15) is 4.98 Å². The Morgan fingerprint density at radius 2 is 1.94 bits per heavy atom. The lowest BCUT2D eigenvalue weighted by Gasteiger charge is -2.15. The maximum Gasteiger partial charge on any atom is 0.274 e. The largest absolute Gasteiger partial charge is 0.495 e. The summed E-state index contributed by atoms with van der Waals surface area (Å²) in [7, 11) is 3.59. The third-order valence-electron chi connectivity index (χ3n) is 5.69. The highest BCUT2D eigenvalue weighted by atomic mass is 35.5. The zero-order valence-electron chi connectivity index (χ0n) is 18.7. The van der Waals surface area contributed by atoms with Crippen molar-refractivity contribution in [2.45, 2.75) is 19.4 Å². The van der Waals surface area contributed by atoms with Crippen LogP contribution in [0.25, 0.3) is 33.4 Å². The molecule has 0 unspecified atom stereocenters. The van der Waals surface area contributed by atoms with E-state index >= 15 is 0 Å². The topological polar surface area (TPSA) is 104 Å². The van der Waals surface area contributed by atoms with Crippen molar-refractivity contribution in [2.75, 3.05) is 13.7 Å². The Bertz CT molecular complexity index is 1400. The highest BCUT2D eigenvalue weighted by molar-refractivity contribution is 5.95. The van der Waals surface area contributed by atoms with Crippen molar-refractivity contribution in [1.29, 1.82) is 0 Å². The molecule has 1 atom stereocenters. The molecule has 172 valence electrons. The first-order valence-corrected chi connectivity index (χ1v) is 10.5. The van der Waals surface area contributed by atoms with Crippen molar-refractivity contribution in [2.24, 2.45) is 12.8 Å². The van der Waals surface area contributed by atoms with Crippen molar-refractivity contribution >= 4 is 34.2 Å². The Labute approximate surface area is 197 Å². The number of para-hydroxylation sites is 1. The van der Waals surface area contributed by atoms with Gasteiger partial charge in [0.05, 0.1) is 12.6 Å². The molecule has 3 heterocycles. The minimum atomic E-state index is -0.159. The number of aromatic amines is 1. The number of fused-ring (bicyclic) bond motifs is 2. The van der Waals surface area contributed by atoms with Crippen LogP contribution in [0.3, 0.4) is 0 Å². The van der Waals surface area contributed by atoms with Crippen molar-refractivity contribution in [3.05, 3.63) is 60.0 Å². The van der Waals surface area contributed by atoms with Gasteiger partial charge in [0.2, 0.25) is 0 Å². The van der Waals surface area contributed by atoms with Crippen LogP contribution in [0.2, 0.25) is 0 Å². The lowest BCUT2D eigenvalue weighted by molar-refractivity contribution is 0.290. The van der Waals surface area contributed by atoms with Crippen LogP contribution >= 0.6 is 12.4 Å². The number of halogens is 1. The van der Waals surface area contributed by atoms with Gasteiger partial charge >= 0.3 is 0 Å². The zero-order valence-corrected chi connectivity index (χ0v) is 19.5. The summed E-state index contributed by atoms with van der Waals surface area (Å²) in [4.78, 5) is 7.66. The third-order valence-corrected chi connectivity index (χ3v) is 5.69. The second-order valence-corrected chi connectivity index (χ2v) is 7.90. The van der Waals surface area contributed by atoms with Gasteiger partial charge < -0.3 is 29.3 Å². The second-order valence-electron chi connectivity index (χ2n) is 7.90. The second kappa shape index (κ2) is 9.17. The SMILES string of the molecule is COc1ccc(OC[C@H](N)Cc2c[nH]c3ccccc23)c2cc(-c3nc(C)no3)n(C)c12.Cl. The van der Waals surface area contributed by atoms with E-state index < -0.39 is 0 Å². The number of nitrogens with two attached hydrogens (primary N) is 1. The minimum absolute atomic E-state index is 0.